The van der Waals surface area contributed by atoms with Crippen molar-refractivity contribution in [3.8, 4) is 5.75 Å². The SMILES string of the molecule is Cc1cc(Cl)ccc1NC(=O)COc1cccc(N)c1. The summed E-state index contributed by atoms with van der Waals surface area (Å²) >= 11 is 5.86. The predicted octanol–water partition coefficient (Wildman–Crippen LogP) is 3.25. The number of aryl methyl sites for hydroxylation is 1. The lowest BCUT2D eigenvalue weighted by molar-refractivity contribution is -0.118. The first kappa shape index (κ1) is 14.2. The van der Waals surface area contributed by atoms with Gasteiger partial charge >= 0.3 is 0 Å². The van der Waals surface area contributed by atoms with E-state index in [9.17, 15) is 4.79 Å². The number of carbonyl (C=O) groups excluding carboxylic acids is 1. The third kappa shape index (κ3) is 3.90. The zero-order valence-electron chi connectivity index (χ0n) is 11.0. The predicted molar refractivity (Wildman–Crippen MR) is 81.2 cm³/mol. The van der Waals surface area contributed by atoms with Crippen LogP contribution in [0.3, 0.4) is 0 Å². The van der Waals surface area contributed by atoms with Crippen molar-refractivity contribution in [2.75, 3.05) is 17.7 Å². The van der Waals surface area contributed by atoms with Crippen LogP contribution in [0.15, 0.2) is 42.5 Å². The number of nitrogens with two attached hydrogens (primary N) is 1. The maximum absolute atomic E-state index is 11.8. The number of hydrogen-bond acceptors (Lipinski definition) is 3. The Bertz CT molecular complexity index is 629. The minimum absolute atomic E-state index is 0.0779. The van der Waals surface area contributed by atoms with Crippen LogP contribution in [0.5, 0.6) is 5.75 Å². The van der Waals surface area contributed by atoms with Gasteiger partial charge in [0.05, 0.1) is 0 Å². The second-order valence-corrected chi connectivity index (χ2v) is 4.81. The maximum Gasteiger partial charge on any atom is 0.262 e. The van der Waals surface area contributed by atoms with E-state index in [-0.39, 0.29) is 12.5 Å². The molecule has 20 heavy (non-hydrogen) atoms. The Labute approximate surface area is 122 Å². The molecule has 0 aromatic heterocycles. The molecule has 0 aliphatic heterocycles. The number of benzene rings is 2. The molecule has 2 aromatic carbocycles. The number of nitrogens with one attached hydrogen (secondary N) is 1. The summed E-state index contributed by atoms with van der Waals surface area (Å²) in [6, 6.07) is 12.2. The van der Waals surface area contributed by atoms with Gasteiger partial charge in [0.2, 0.25) is 0 Å². The Kier molecular flexibility index (Phi) is 4.48. The molecule has 0 bridgehead atoms. The van der Waals surface area contributed by atoms with Gasteiger partial charge < -0.3 is 15.8 Å². The van der Waals surface area contributed by atoms with Gasteiger partial charge in [-0.05, 0) is 42.8 Å². The zero-order chi connectivity index (χ0) is 14.5. The first-order valence-electron chi connectivity index (χ1n) is 6.09. The first-order valence-corrected chi connectivity index (χ1v) is 6.47. The molecule has 104 valence electrons. The second-order valence-electron chi connectivity index (χ2n) is 4.37. The summed E-state index contributed by atoms with van der Waals surface area (Å²) in [7, 11) is 0. The van der Waals surface area contributed by atoms with Gasteiger partial charge in [0.1, 0.15) is 5.75 Å². The lowest BCUT2D eigenvalue weighted by Crippen LogP contribution is -2.20. The number of halogens is 1. The number of carbonyl (C=O) groups is 1. The van der Waals surface area contributed by atoms with Crippen molar-refractivity contribution in [2.24, 2.45) is 0 Å². The average Bonchev–Trinajstić information content (AvgIpc) is 2.40. The Morgan fingerprint density at radius 1 is 1.30 bits per heavy atom. The van der Waals surface area contributed by atoms with E-state index in [0.717, 1.165) is 11.3 Å². The average molecular weight is 291 g/mol. The summed E-state index contributed by atoms with van der Waals surface area (Å²) in [5, 5.41) is 3.40. The molecule has 0 atom stereocenters. The molecule has 2 rings (SSSR count). The van der Waals surface area contributed by atoms with Gasteiger partial charge in [0, 0.05) is 22.5 Å². The van der Waals surface area contributed by atoms with Crippen LogP contribution < -0.4 is 15.8 Å². The molecule has 0 unspecified atom stereocenters. The number of hydrogen-bond donors (Lipinski definition) is 2. The number of amides is 1. The summed E-state index contributed by atoms with van der Waals surface area (Å²) in [6.07, 6.45) is 0. The van der Waals surface area contributed by atoms with Crippen molar-refractivity contribution < 1.29 is 9.53 Å². The van der Waals surface area contributed by atoms with Gasteiger partial charge in [0.25, 0.3) is 5.91 Å². The molecule has 3 N–H and O–H groups in total. The third-order valence-corrected chi connectivity index (χ3v) is 2.93. The van der Waals surface area contributed by atoms with Crippen LogP contribution in [0.4, 0.5) is 11.4 Å². The molecule has 0 aliphatic carbocycles. The van der Waals surface area contributed by atoms with Crippen LogP contribution in [-0.4, -0.2) is 12.5 Å². The number of rotatable bonds is 4. The highest BCUT2D eigenvalue weighted by Crippen LogP contribution is 2.19. The highest BCUT2D eigenvalue weighted by Gasteiger charge is 2.06. The fourth-order valence-corrected chi connectivity index (χ4v) is 1.93. The molecular formula is C15H15ClN2O2. The quantitative estimate of drug-likeness (QED) is 0.850. The van der Waals surface area contributed by atoms with Crippen LogP contribution in [-0.2, 0) is 4.79 Å². The van der Waals surface area contributed by atoms with E-state index in [1.165, 1.54) is 0 Å². The van der Waals surface area contributed by atoms with Crippen molar-refractivity contribution in [2.45, 2.75) is 6.92 Å². The van der Waals surface area contributed by atoms with Gasteiger partial charge in [-0.15, -0.1) is 0 Å². The summed E-state index contributed by atoms with van der Waals surface area (Å²) in [5.41, 5.74) is 7.84. The molecule has 0 saturated heterocycles. The van der Waals surface area contributed by atoms with Crippen molar-refractivity contribution in [1.82, 2.24) is 0 Å². The van der Waals surface area contributed by atoms with Crippen LogP contribution in [0.25, 0.3) is 0 Å². The van der Waals surface area contributed by atoms with Crippen LogP contribution >= 0.6 is 11.6 Å². The fraction of sp³-hybridized carbons (Fsp3) is 0.133. The minimum atomic E-state index is -0.238. The summed E-state index contributed by atoms with van der Waals surface area (Å²) in [6.45, 7) is 1.80. The molecule has 0 fully saturated rings. The standard InChI is InChI=1S/C15H15ClN2O2/c1-10-7-11(16)5-6-14(10)18-15(19)9-20-13-4-2-3-12(17)8-13/h2-8H,9,17H2,1H3,(H,18,19). The van der Waals surface area contributed by atoms with Crippen molar-refractivity contribution in [3.05, 3.63) is 53.1 Å². The highest BCUT2D eigenvalue weighted by molar-refractivity contribution is 6.30. The summed E-state index contributed by atoms with van der Waals surface area (Å²) < 4.78 is 5.37. The van der Waals surface area contributed by atoms with Crippen molar-refractivity contribution >= 4 is 28.9 Å². The Morgan fingerprint density at radius 3 is 2.80 bits per heavy atom. The maximum atomic E-state index is 11.8. The first-order chi connectivity index (χ1) is 9.54. The molecule has 5 heteroatoms. The van der Waals surface area contributed by atoms with E-state index >= 15 is 0 Å². The lowest BCUT2D eigenvalue weighted by Gasteiger charge is -2.10. The monoisotopic (exact) mass is 290 g/mol. The summed E-state index contributed by atoms with van der Waals surface area (Å²) in [5.74, 6) is 0.325. The van der Waals surface area contributed by atoms with E-state index in [1.54, 1.807) is 42.5 Å². The van der Waals surface area contributed by atoms with Gasteiger partial charge in [-0.25, -0.2) is 0 Å². The zero-order valence-corrected chi connectivity index (χ0v) is 11.8. The van der Waals surface area contributed by atoms with Crippen LogP contribution in [0.1, 0.15) is 5.56 Å². The molecule has 0 aliphatic rings. The van der Waals surface area contributed by atoms with Crippen molar-refractivity contribution in [3.63, 3.8) is 0 Å². The normalized spacial score (nSPS) is 10.1. The van der Waals surface area contributed by atoms with E-state index in [0.29, 0.717) is 16.5 Å². The highest BCUT2D eigenvalue weighted by atomic mass is 35.5. The third-order valence-electron chi connectivity index (χ3n) is 2.69. The van der Waals surface area contributed by atoms with Gasteiger partial charge in [0.15, 0.2) is 6.61 Å². The molecule has 0 saturated carbocycles. The molecular weight excluding hydrogens is 276 g/mol. The molecule has 2 aromatic rings. The molecule has 4 nitrogen and oxygen atoms in total. The van der Waals surface area contributed by atoms with Crippen molar-refractivity contribution in [1.29, 1.82) is 0 Å². The van der Waals surface area contributed by atoms with E-state index in [4.69, 9.17) is 22.1 Å². The Hall–Kier alpha value is -2.20. The Morgan fingerprint density at radius 2 is 2.10 bits per heavy atom. The van der Waals surface area contributed by atoms with Gasteiger partial charge in [-0.1, -0.05) is 17.7 Å². The minimum Gasteiger partial charge on any atom is -0.484 e. The smallest absolute Gasteiger partial charge is 0.262 e. The van der Waals surface area contributed by atoms with Crippen LogP contribution in [0.2, 0.25) is 5.02 Å². The van der Waals surface area contributed by atoms with Crippen LogP contribution in [0, 0.1) is 6.92 Å². The molecule has 0 heterocycles. The number of ether oxygens (including phenoxy) is 1. The lowest BCUT2D eigenvalue weighted by atomic mass is 10.2. The number of nitrogen functional groups attached to an aromatic ring is 1. The fourth-order valence-electron chi connectivity index (χ4n) is 1.71. The summed E-state index contributed by atoms with van der Waals surface area (Å²) in [4.78, 5) is 11.8. The molecule has 0 spiro atoms. The topological polar surface area (TPSA) is 64.3 Å². The van der Waals surface area contributed by atoms with E-state index in [2.05, 4.69) is 5.32 Å². The molecule has 0 radical (unpaired) electrons. The molecule has 1 amide bonds. The largest absolute Gasteiger partial charge is 0.484 e. The van der Waals surface area contributed by atoms with E-state index < -0.39 is 0 Å². The van der Waals surface area contributed by atoms with Gasteiger partial charge in [-0.2, -0.15) is 0 Å². The Balaban J connectivity index is 1.92. The van der Waals surface area contributed by atoms with E-state index in [1.807, 2.05) is 6.92 Å². The second kappa shape index (κ2) is 6.30. The van der Waals surface area contributed by atoms with Gasteiger partial charge in [-0.3, -0.25) is 4.79 Å². The number of anilines is 2.